The number of unbranched alkanes of at least 4 members (excludes halogenated alkanes) is 23. The average Bonchev–Trinajstić information content (AvgIpc) is 3.42. The first-order valence-corrected chi connectivity index (χ1v) is 29.7. The van der Waals surface area contributed by atoms with Crippen molar-refractivity contribution >= 4 is 5.91 Å². The smallest absolute Gasteiger partial charge is 0.220 e. The highest BCUT2D eigenvalue weighted by Gasteiger charge is 2.53. The van der Waals surface area contributed by atoms with Crippen LogP contribution in [0.15, 0.2) is 36.5 Å². The van der Waals surface area contributed by atoms with Gasteiger partial charge in [0.25, 0.3) is 0 Å². The molecule has 3 heterocycles. The predicted octanol–water partition coefficient (Wildman–Crippen LogP) is 4.93. The second-order valence-electron chi connectivity index (χ2n) is 21.4. The number of carbonyl (C=O) groups is 1. The summed E-state index contributed by atoms with van der Waals surface area (Å²) in [6, 6.07) is -0.992. The van der Waals surface area contributed by atoms with Crippen LogP contribution in [0, 0.1) is 0 Å². The van der Waals surface area contributed by atoms with E-state index in [1.165, 1.54) is 116 Å². The van der Waals surface area contributed by atoms with Crippen molar-refractivity contribution in [1.82, 2.24) is 5.32 Å². The van der Waals surface area contributed by atoms with E-state index < -0.39 is 124 Å². The van der Waals surface area contributed by atoms with Crippen molar-refractivity contribution in [3.8, 4) is 0 Å². The van der Waals surface area contributed by atoms with E-state index in [0.29, 0.717) is 12.8 Å². The van der Waals surface area contributed by atoms with Gasteiger partial charge in [0, 0.05) is 6.42 Å². The van der Waals surface area contributed by atoms with E-state index in [9.17, 15) is 61.0 Å². The van der Waals surface area contributed by atoms with E-state index in [0.717, 1.165) is 44.9 Å². The SMILES string of the molecule is CCCCCCCCC/C=C/CC/C=C/CC/C=C/C(O)C(COC1OC(CO)C(OC2OC(CO)C(OC3OC(CO)C(O)C(O)C3O)C(O)C2O)C(O)C1O)NC(=O)CCCCCCCCCCCCCCCCC. The van der Waals surface area contributed by atoms with Crippen molar-refractivity contribution in [3.05, 3.63) is 36.5 Å². The molecule has 3 aliphatic rings. The highest BCUT2D eigenvalue weighted by Crippen LogP contribution is 2.33. The molecule has 19 nitrogen and oxygen atoms in total. The first kappa shape index (κ1) is 69.3. The van der Waals surface area contributed by atoms with Gasteiger partial charge >= 0.3 is 0 Å². The lowest BCUT2D eigenvalue weighted by molar-refractivity contribution is -0.379. The molecule has 3 fully saturated rings. The second kappa shape index (κ2) is 41.9. The molecule has 0 bridgehead atoms. The third kappa shape index (κ3) is 26.2. The minimum atomic E-state index is -1.98. The number of hydrogen-bond acceptors (Lipinski definition) is 18. The summed E-state index contributed by atoms with van der Waals surface area (Å²) in [7, 11) is 0. The van der Waals surface area contributed by atoms with Crippen LogP contribution in [-0.4, -0.2) is 193 Å². The molecule has 3 rings (SSSR count). The summed E-state index contributed by atoms with van der Waals surface area (Å²) < 4.78 is 34.2. The fourth-order valence-electron chi connectivity index (χ4n) is 9.99. The largest absolute Gasteiger partial charge is 0.394 e. The van der Waals surface area contributed by atoms with Crippen molar-refractivity contribution in [2.24, 2.45) is 0 Å². The van der Waals surface area contributed by atoms with Crippen LogP contribution in [0.4, 0.5) is 0 Å². The number of allylic oxidation sites excluding steroid dienone is 5. The van der Waals surface area contributed by atoms with Crippen LogP contribution in [0.2, 0.25) is 0 Å². The molecule has 0 radical (unpaired) electrons. The number of aliphatic hydroxyl groups is 11. The molecular weight excluding hydrogens is 999 g/mol. The normalized spacial score (nSPS) is 30.9. The molecular formula is C58H105NO18. The molecule has 3 saturated heterocycles. The molecule has 17 unspecified atom stereocenters. The minimum Gasteiger partial charge on any atom is -0.394 e. The highest BCUT2D eigenvalue weighted by molar-refractivity contribution is 5.76. The van der Waals surface area contributed by atoms with E-state index in [4.69, 9.17) is 28.4 Å². The molecule has 0 aromatic carbocycles. The van der Waals surface area contributed by atoms with Gasteiger partial charge in [0.1, 0.15) is 73.2 Å². The van der Waals surface area contributed by atoms with E-state index in [-0.39, 0.29) is 18.9 Å². The number of nitrogens with one attached hydrogen (secondary N) is 1. The Morgan fingerprint density at radius 1 is 0.455 bits per heavy atom. The van der Waals surface area contributed by atoms with Crippen LogP contribution in [0.25, 0.3) is 0 Å². The van der Waals surface area contributed by atoms with Gasteiger partial charge < -0.3 is 89.9 Å². The lowest BCUT2D eigenvalue weighted by Crippen LogP contribution is -2.66. The Bertz CT molecular complexity index is 1550. The number of amides is 1. The van der Waals surface area contributed by atoms with Crippen molar-refractivity contribution < 1.29 is 89.4 Å². The molecule has 0 aromatic heterocycles. The monoisotopic (exact) mass is 1100 g/mol. The standard InChI is InChI=1S/C58H105NO18/c1-3-5-7-9-11-13-15-17-19-20-22-23-25-27-29-31-33-35-42(63)41(59-46(64)36-34-32-30-28-26-24-21-18-16-14-12-10-8-6-4-2)40-72-56-52(70)49(67)54(44(38-61)74-56)77-58-53(71)50(68)55(45(39-62)75-58)76-57-51(69)48(66)47(65)43(37-60)73-57/h19-20,25,27,33,35,41-45,47-58,60-63,65-71H,3-18,21-24,26,28-32,34,36-40H2,1-2H3,(H,59,64)/b20-19+,27-25+,35-33+. The Morgan fingerprint density at radius 2 is 0.831 bits per heavy atom. The van der Waals surface area contributed by atoms with Gasteiger partial charge in [0.15, 0.2) is 18.9 Å². The van der Waals surface area contributed by atoms with Gasteiger partial charge in [0.05, 0.1) is 38.6 Å². The summed E-state index contributed by atoms with van der Waals surface area (Å²) in [6.07, 6.45) is 17.0. The average molecular weight is 1100 g/mol. The van der Waals surface area contributed by atoms with Crippen molar-refractivity contribution in [3.63, 3.8) is 0 Å². The van der Waals surface area contributed by atoms with Crippen molar-refractivity contribution in [2.45, 2.75) is 298 Å². The molecule has 450 valence electrons. The molecule has 1 amide bonds. The molecule has 77 heavy (non-hydrogen) atoms. The van der Waals surface area contributed by atoms with E-state index in [1.54, 1.807) is 6.08 Å². The molecule has 0 aliphatic carbocycles. The summed E-state index contributed by atoms with van der Waals surface area (Å²) in [5, 5.41) is 120. The first-order valence-electron chi connectivity index (χ1n) is 29.7. The van der Waals surface area contributed by atoms with E-state index in [1.807, 2.05) is 6.08 Å². The molecule has 17 atom stereocenters. The predicted molar refractivity (Wildman–Crippen MR) is 291 cm³/mol. The Labute approximate surface area is 460 Å². The van der Waals surface area contributed by atoms with Gasteiger partial charge in [-0.15, -0.1) is 0 Å². The zero-order chi connectivity index (χ0) is 56.2. The molecule has 0 aromatic rings. The fraction of sp³-hybridized carbons (Fsp3) is 0.879. The summed E-state index contributed by atoms with van der Waals surface area (Å²) in [5.74, 6) is -0.290. The van der Waals surface area contributed by atoms with Crippen LogP contribution in [-0.2, 0) is 33.2 Å². The van der Waals surface area contributed by atoms with E-state index >= 15 is 0 Å². The Balaban J connectivity index is 1.53. The fourth-order valence-corrected chi connectivity index (χ4v) is 9.99. The first-order chi connectivity index (χ1) is 37.3. The third-order valence-corrected chi connectivity index (χ3v) is 14.9. The molecule has 0 spiro atoms. The maximum absolute atomic E-state index is 13.3. The van der Waals surface area contributed by atoms with Crippen LogP contribution < -0.4 is 5.32 Å². The summed E-state index contributed by atoms with van der Waals surface area (Å²) in [6.45, 7) is 1.68. The highest BCUT2D eigenvalue weighted by atomic mass is 16.8. The number of aliphatic hydroxyl groups excluding tert-OH is 11. The maximum Gasteiger partial charge on any atom is 0.220 e. The van der Waals surface area contributed by atoms with Gasteiger partial charge in [-0.05, 0) is 44.9 Å². The van der Waals surface area contributed by atoms with Crippen LogP contribution in [0.1, 0.15) is 194 Å². The maximum atomic E-state index is 13.3. The number of carbonyl (C=O) groups excluding carboxylic acids is 1. The second-order valence-corrected chi connectivity index (χ2v) is 21.4. The Hall–Kier alpha value is -1.99. The number of ether oxygens (including phenoxy) is 6. The van der Waals surface area contributed by atoms with Gasteiger partial charge in [0.2, 0.25) is 5.91 Å². The summed E-state index contributed by atoms with van der Waals surface area (Å²) in [5.41, 5.74) is 0. The summed E-state index contributed by atoms with van der Waals surface area (Å²) in [4.78, 5) is 13.3. The Kier molecular flexibility index (Phi) is 37.7. The van der Waals surface area contributed by atoms with Crippen LogP contribution >= 0.6 is 0 Å². The van der Waals surface area contributed by atoms with Gasteiger partial charge in [-0.1, -0.05) is 179 Å². The third-order valence-electron chi connectivity index (χ3n) is 14.9. The lowest BCUT2D eigenvalue weighted by Gasteiger charge is -2.48. The quantitative estimate of drug-likeness (QED) is 0.0285. The van der Waals surface area contributed by atoms with Gasteiger partial charge in [-0.2, -0.15) is 0 Å². The lowest BCUT2D eigenvalue weighted by atomic mass is 9.96. The van der Waals surface area contributed by atoms with Crippen molar-refractivity contribution in [1.29, 1.82) is 0 Å². The molecule has 0 saturated carbocycles. The van der Waals surface area contributed by atoms with Crippen LogP contribution in [0.3, 0.4) is 0 Å². The van der Waals surface area contributed by atoms with E-state index in [2.05, 4.69) is 43.5 Å². The van der Waals surface area contributed by atoms with Crippen molar-refractivity contribution in [2.75, 3.05) is 26.4 Å². The molecule has 12 N–H and O–H groups in total. The Morgan fingerprint density at radius 3 is 1.30 bits per heavy atom. The zero-order valence-electron chi connectivity index (χ0n) is 46.7. The minimum absolute atomic E-state index is 0.235. The summed E-state index contributed by atoms with van der Waals surface area (Å²) >= 11 is 0. The number of hydrogen-bond donors (Lipinski definition) is 12. The van der Waals surface area contributed by atoms with Crippen LogP contribution in [0.5, 0.6) is 0 Å². The van der Waals surface area contributed by atoms with Gasteiger partial charge in [-0.25, -0.2) is 0 Å². The molecule has 19 heteroatoms. The topological polar surface area (TPSA) is 307 Å². The number of rotatable bonds is 43. The molecule has 3 aliphatic heterocycles. The van der Waals surface area contributed by atoms with Gasteiger partial charge in [-0.3, -0.25) is 4.79 Å². The zero-order valence-corrected chi connectivity index (χ0v) is 46.7.